The Morgan fingerprint density at radius 3 is 2.53 bits per heavy atom. The summed E-state index contributed by atoms with van der Waals surface area (Å²) in [5.41, 5.74) is 4.44. The van der Waals surface area contributed by atoms with E-state index in [-0.39, 0.29) is 0 Å². The Morgan fingerprint density at radius 1 is 1.09 bits per heavy atom. The molecule has 0 saturated carbocycles. The van der Waals surface area contributed by atoms with Crippen molar-refractivity contribution in [3.63, 3.8) is 0 Å². The van der Waals surface area contributed by atoms with Crippen LogP contribution in [0.2, 0.25) is 0 Å². The zero-order valence-corrected chi connectivity index (χ0v) is 19.1. The second-order valence-corrected chi connectivity index (χ2v) is 8.92. The van der Waals surface area contributed by atoms with Crippen LogP contribution in [0, 0.1) is 0 Å². The standard InChI is InChI=1S/C26H30N2O4/c1-5-17-12-13-20(19(6-2)14-17)21-16-22(32-27-21)24(29)28-23(26(3,4)31-25(28)30)15-18-10-8-7-9-11-18/h7-14,22-23H,5-6,15-16H2,1-4H3/t22-,23-/m0/s1. The van der Waals surface area contributed by atoms with Gasteiger partial charge in [-0.25, -0.2) is 9.69 Å². The van der Waals surface area contributed by atoms with Gasteiger partial charge in [0.1, 0.15) is 5.60 Å². The van der Waals surface area contributed by atoms with Crippen molar-refractivity contribution in [1.29, 1.82) is 0 Å². The summed E-state index contributed by atoms with van der Waals surface area (Å²) in [4.78, 5) is 32.9. The molecule has 0 N–H and O–H groups in total. The van der Waals surface area contributed by atoms with Crippen LogP contribution in [-0.4, -0.2) is 40.4 Å². The predicted molar refractivity (Wildman–Crippen MR) is 123 cm³/mol. The summed E-state index contributed by atoms with van der Waals surface area (Å²) in [5, 5.41) is 4.23. The molecule has 1 saturated heterocycles. The van der Waals surface area contributed by atoms with E-state index in [4.69, 9.17) is 9.57 Å². The molecule has 0 aliphatic carbocycles. The van der Waals surface area contributed by atoms with Crippen LogP contribution < -0.4 is 0 Å². The van der Waals surface area contributed by atoms with Crippen LogP contribution >= 0.6 is 0 Å². The van der Waals surface area contributed by atoms with Crippen molar-refractivity contribution in [2.75, 3.05) is 0 Å². The predicted octanol–water partition coefficient (Wildman–Crippen LogP) is 4.67. The smallest absolute Gasteiger partial charge is 0.417 e. The van der Waals surface area contributed by atoms with E-state index in [2.05, 4.69) is 37.2 Å². The lowest BCUT2D eigenvalue weighted by molar-refractivity contribution is -0.140. The van der Waals surface area contributed by atoms with E-state index in [0.29, 0.717) is 12.8 Å². The number of ether oxygens (including phenoxy) is 1. The first kappa shape index (κ1) is 22.1. The summed E-state index contributed by atoms with van der Waals surface area (Å²) in [6, 6.07) is 15.7. The van der Waals surface area contributed by atoms with E-state index in [1.807, 2.05) is 44.2 Å². The maximum absolute atomic E-state index is 13.4. The Bertz CT molecular complexity index is 1050. The Kier molecular flexibility index (Phi) is 6.04. The Morgan fingerprint density at radius 2 is 1.84 bits per heavy atom. The first-order valence-electron chi connectivity index (χ1n) is 11.3. The third-order valence-electron chi connectivity index (χ3n) is 6.38. The number of amides is 2. The lowest BCUT2D eigenvalue weighted by atomic mass is 9.91. The lowest BCUT2D eigenvalue weighted by Crippen LogP contribution is -2.49. The average Bonchev–Trinajstić information content (AvgIpc) is 3.36. The first-order valence-corrected chi connectivity index (χ1v) is 11.3. The van der Waals surface area contributed by atoms with Gasteiger partial charge in [-0.3, -0.25) is 4.79 Å². The Hall–Kier alpha value is -3.15. The van der Waals surface area contributed by atoms with Crippen molar-refractivity contribution in [2.24, 2.45) is 5.16 Å². The molecule has 32 heavy (non-hydrogen) atoms. The summed E-state index contributed by atoms with van der Waals surface area (Å²) >= 11 is 0. The van der Waals surface area contributed by atoms with E-state index in [1.165, 1.54) is 16.0 Å². The summed E-state index contributed by atoms with van der Waals surface area (Å²) in [6.45, 7) is 7.91. The quantitative estimate of drug-likeness (QED) is 0.662. The molecule has 2 atom stereocenters. The number of cyclic esters (lactones) is 1. The zero-order valence-electron chi connectivity index (χ0n) is 19.1. The fourth-order valence-corrected chi connectivity index (χ4v) is 4.46. The number of aryl methyl sites for hydroxylation is 2. The minimum absolute atomic E-state index is 0.333. The van der Waals surface area contributed by atoms with Gasteiger partial charge in [-0.1, -0.05) is 67.5 Å². The largest absolute Gasteiger partial charge is 0.441 e. The van der Waals surface area contributed by atoms with E-state index in [9.17, 15) is 9.59 Å². The van der Waals surface area contributed by atoms with Crippen LogP contribution in [0.1, 0.15) is 56.4 Å². The molecule has 1 fully saturated rings. The topological polar surface area (TPSA) is 68.2 Å². The molecule has 0 unspecified atom stereocenters. The Labute approximate surface area is 189 Å². The fourth-order valence-electron chi connectivity index (χ4n) is 4.46. The monoisotopic (exact) mass is 434 g/mol. The van der Waals surface area contributed by atoms with Crippen LogP contribution in [0.4, 0.5) is 4.79 Å². The third kappa shape index (κ3) is 4.14. The number of oxime groups is 1. The van der Waals surface area contributed by atoms with Crippen molar-refractivity contribution in [2.45, 2.75) is 71.1 Å². The highest BCUT2D eigenvalue weighted by molar-refractivity contribution is 6.06. The average molecular weight is 435 g/mol. The molecule has 2 amide bonds. The van der Waals surface area contributed by atoms with Crippen LogP contribution in [0.25, 0.3) is 0 Å². The summed E-state index contributed by atoms with van der Waals surface area (Å²) in [7, 11) is 0. The molecule has 168 valence electrons. The molecular weight excluding hydrogens is 404 g/mol. The van der Waals surface area contributed by atoms with Gasteiger partial charge in [-0.05, 0) is 49.8 Å². The molecule has 2 heterocycles. The van der Waals surface area contributed by atoms with Gasteiger partial charge in [-0.15, -0.1) is 0 Å². The highest BCUT2D eigenvalue weighted by Gasteiger charge is 2.52. The molecule has 0 aromatic heterocycles. The maximum Gasteiger partial charge on any atom is 0.417 e. The van der Waals surface area contributed by atoms with E-state index in [1.54, 1.807) is 0 Å². The molecule has 2 aliphatic rings. The lowest BCUT2D eigenvalue weighted by Gasteiger charge is -2.28. The highest BCUT2D eigenvalue weighted by atomic mass is 16.6. The van der Waals surface area contributed by atoms with E-state index >= 15 is 0 Å². The van der Waals surface area contributed by atoms with Crippen molar-refractivity contribution in [3.05, 3.63) is 70.8 Å². The number of imide groups is 1. The van der Waals surface area contributed by atoms with Gasteiger partial charge in [0.2, 0.25) is 6.10 Å². The van der Waals surface area contributed by atoms with Crippen molar-refractivity contribution in [1.82, 2.24) is 4.90 Å². The van der Waals surface area contributed by atoms with E-state index < -0.39 is 29.7 Å². The highest BCUT2D eigenvalue weighted by Crippen LogP contribution is 2.34. The third-order valence-corrected chi connectivity index (χ3v) is 6.38. The summed E-state index contributed by atoms with van der Waals surface area (Å²) < 4.78 is 5.57. The number of carbonyl (C=O) groups excluding carboxylic acids is 2. The van der Waals surface area contributed by atoms with Crippen LogP contribution in [-0.2, 0) is 33.6 Å². The molecular formula is C26H30N2O4. The van der Waals surface area contributed by atoms with Gasteiger partial charge in [-0.2, -0.15) is 0 Å². The van der Waals surface area contributed by atoms with Gasteiger partial charge in [0.15, 0.2) is 0 Å². The van der Waals surface area contributed by atoms with Gasteiger partial charge < -0.3 is 9.57 Å². The molecule has 2 aromatic carbocycles. The van der Waals surface area contributed by atoms with E-state index in [0.717, 1.165) is 29.7 Å². The number of hydrogen-bond acceptors (Lipinski definition) is 5. The van der Waals surface area contributed by atoms with Crippen LogP contribution in [0.15, 0.2) is 53.7 Å². The van der Waals surface area contributed by atoms with Crippen molar-refractivity contribution < 1.29 is 19.2 Å². The SMILES string of the molecule is CCc1ccc(C2=NO[C@H](C(=O)N3C(=O)OC(C)(C)[C@@H]3Cc3ccccc3)C2)c(CC)c1. The van der Waals surface area contributed by atoms with Gasteiger partial charge >= 0.3 is 6.09 Å². The number of rotatable bonds is 6. The molecule has 4 rings (SSSR count). The zero-order chi connectivity index (χ0) is 22.9. The molecule has 0 radical (unpaired) electrons. The first-order chi connectivity index (χ1) is 15.3. The minimum Gasteiger partial charge on any atom is -0.441 e. The second kappa shape index (κ2) is 8.77. The van der Waals surface area contributed by atoms with Crippen molar-refractivity contribution >= 4 is 17.7 Å². The van der Waals surface area contributed by atoms with Crippen molar-refractivity contribution in [3.8, 4) is 0 Å². The summed E-state index contributed by atoms with van der Waals surface area (Å²) in [5.74, 6) is -0.400. The van der Waals surface area contributed by atoms with Gasteiger partial charge in [0.25, 0.3) is 5.91 Å². The Balaban J connectivity index is 1.53. The maximum atomic E-state index is 13.4. The number of nitrogens with zero attached hydrogens (tertiary/aromatic N) is 2. The molecule has 0 spiro atoms. The molecule has 2 aromatic rings. The normalized spacial score (nSPS) is 21.8. The van der Waals surface area contributed by atoms with Crippen LogP contribution in [0.5, 0.6) is 0 Å². The molecule has 2 aliphatic heterocycles. The number of benzene rings is 2. The molecule has 6 heteroatoms. The number of carbonyl (C=O) groups is 2. The van der Waals surface area contributed by atoms with Gasteiger partial charge in [0, 0.05) is 12.0 Å². The minimum atomic E-state index is -0.833. The second-order valence-electron chi connectivity index (χ2n) is 8.92. The summed E-state index contributed by atoms with van der Waals surface area (Å²) in [6.07, 6.45) is 1.23. The number of hydrogen-bond donors (Lipinski definition) is 0. The molecule has 0 bridgehead atoms. The van der Waals surface area contributed by atoms with Gasteiger partial charge in [0.05, 0.1) is 11.8 Å². The van der Waals surface area contributed by atoms with Crippen LogP contribution in [0.3, 0.4) is 0 Å². The molecule has 6 nitrogen and oxygen atoms in total. The fraction of sp³-hybridized carbons (Fsp3) is 0.423.